The molecule has 1 aromatic heterocycles. The molecule has 0 bridgehead atoms. The van der Waals surface area contributed by atoms with Crippen LogP contribution in [0.1, 0.15) is 0 Å². The lowest BCUT2D eigenvalue weighted by atomic mass is 10.1. The average molecular weight is 308 g/mol. The van der Waals surface area contributed by atoms with Crippen LogP contribution in [0.3, 0.4) is 0 Å². The number of halogens is 3. The zero-order valence-electron chi connectivity index (χ0n) is 8.30. The van der Waals surface area contributed by atoms with Crippen LogP contribution in [0.15, 0.2) is 18.2 Å². The molecule has 0 saturated heterocycles. The Morgan fingerprint density at radius 2 is 1.76 bits per heavy atom. The Balaban J connectivity index is 2.12. The van der Waals surface area contributed by atoms with Crippen LogP contribution >= 0.6 is 46.1 Å². The van der Waals surface area contributed by atoms with Crippen molar-refractivity contribution in [2.75, 3.05) is 6.79 Å². The van der Waals surface area contributed by atoms with Gasteiger partial charge in [0.2, 0.25) is 6.79 Å². The minimum Gasteiger partial charge on any atom is -0.454 e. The van der Waals surface area contributed by atoms with Gasteiger partial charge in [-0.3, -0.25) is 0 Å². The molecule has 0 N–H and O–H groups in total. The molecule has 0 unspecified atom stereocenters. The molecule has 2 heterocycles. The monoisotopic (exact) mass is 306 g/mol. The number of hydrogen-bond donors (Lipinski definition) is 0. The second-order valence-corrected chi connectivity index (χ2v) is 5.78. The van der Waals surface area contributed by atoms with Crippen molar-refractivity contribution < 1.29 is 9.47 Å². The highest BCUT2D eigenvalue weighted by molar-refractivity contribution is 7.20. The summed E-state index contributed by atoms with van der Waals surface area (Å²) in [5.74, 6) is 1.44. The van der Waals surface area contributed by atoms with Gasteiger partial charge in [0, 0.05) is 0 Å². The van der Waals surface area contributed by atoms with Gasteiger partial charge in [0.15, 0.2) is 11.5 Å². The van der Waals surface area contributed by atoms with Gasteiger partial charge in [0.1, 0.15) is 4.34 Å². The maximum atomic E-state index is 6.12. The zero-order chi connectivity index (χ0) is 12.0. The molecule has 0 fully saturated rings. The SMILES string of the molecule is Clc1sc(-c2ccc3c(c2)OCO3)c(Cl)c1Cl. The third kappa shape index (κ3) is 1.87. The maximum Gasteiger partial charge on any atom is 0.231 e. The topological polar surface area (TPSA) is 18.5 Å². The number of thiophene rings is 1. The van der Waals surface area contributed by atoms with Crippen molar-refractivity contribution in [1.82, 2.24) is 0 Å². The molecule has 88 valence electrons. The van der Waals surface area contributed by atoms with Crippen molar-refractivity contribution in [3.63, 3.8) is 0 Å². The first-order valence-electron chi connectivity index (χ1n) is 4.70. The first-order chi connectivity index (χ1) is 8.16. The van der Waals surface area contributed by atoms with Gasteiger partial charge in [-0.15, -0.1) is 11.3 Å². The van der Waals surface area contributed by atoms with E-state index in [9.17, 15) is 0 Å². The van der Waals surface area contributed by atoms with E-state index in [4.69, 9.17) is 44.3 Å². The predicted molar refractivity (Wildman–Crippen MR) is 70.9 cm³/mol. The molecule has 0 atom stereocenters. The third-order valence-electron chi connectivity index (χ3n) is 2.39. The summed E-state index contributed by atoms with van der Waals surface area (Å²) in [7, 11) is 0. The van der Waals surface area contributed by atoms with Crippen molar-refractivity contribution >= 4 is 46.1 Å². The minimum atomic E-state index is 0.248. The van der Waals surface area contributed by atoms with Gasteiger partial charge in [-0.2, -0.15) is 0 Å². The van der Waals surface area contributed by atoms with Crippen LogP contribution in [0.2, 0.25) is 14.4 Å². The van der Waals surface area contributed by atoms with Gasteiger partial charge in [0.05, 0.1) is 14.9 Å². The second kappa shape index (κ2) is 4.25. The van der Waals surface area contributed by atoms with Crippen molar-refractivity contribution in [1.29, 1.82) is 0 Å². The Morgan fingerprint density at radius 3 is 2.47 bits per heavy atom. The molecule has 1 aromatic carbocycles. The standard InChI is InChI=1S/C11H5Cl3O2S/c12-8-9(13)11(14)17-10(8)5-1-2-6-7(3-5)16-4-15-6/h1-3H,4H2. The molecule has 17 heavy (non-hydrogen) atoms. The van der Waals surface area contributed by atoms with Crippen LogP contribution in [0.5, 0.6) is 11.5 Å². The normalized spacial score (nSPS) is 13.1. The summed E-state index contributed by atoms with van der Waals surface area (Å²) in [4.78, 5) is 0.833. The Labute approximate surface area is 117 Å². The summed E-state index contributed by atoms with van der Waals surface area (Å²) in [5, 5.41) is 0.867. The fraction of sp³-hybridized carbons (Fsp3) is 0.0909. The van der Waals surface area contributed by atoms with E-state index in [0.29, 0.717) is 20.1 Å². The Morgan fingerprint density at radius 1 is 1.00 bits per heavy atom. The number of benzene rings is 1. The summed E-state index contributed by atoms with van der Waals surface area (Å²) in [6.45, 7) is 0.248. The van der Waals surface area contributed by atoms with Crippen molar-refractivity contribution in [2.45, 2.75) is 0 Å². The largest absolute Gasteiger partial charge is 0.454 e. The Hall–Kier alpha value is -0.610. The van der Waals surface area contributed by atoms with E-state index in [2.05, 4.69) is 0 Å². The third-order valence-corrected chi connectivity index (χ3v) is 5.01. The number of ether oxygens (including phenoxy) is 2. The van der Waals surface area contributed by atoms with Gasteiger partial charge in [-0.05, 0) is 23.8 Å². The van der Waals surface area contributed by atoms with E-state index < -0.39 is 0 Å². The van der Waals surface area contributed by atoms with E-state index in [1.54, 1.807) is 0 Å². The molecule has 1 aliphatic heterocycles. The molecule has 0 saturated carbocycles. The van der Waals surface area contributed by atoms with Gasteiger partial charge >= 0.3 is 0 Å². The second-order valence-electron chi connectivity index (χ2n) is 3.40. The summed E-state index contributed by atoms with van der Waals surface area (Å²) >= 11 is 19.4. The van der Waals surface area contributed by atoms with Gasteiger partial charge in [-0.1, -0.05) is 34.8 Å². The highest BCUT2D eigenvalue weighted by Crippen LogP contribution is 2.47. The quantitative estimate of drug-likeness (QED) is 0.729. The lowest BCUT2D eigenvalue weighted by Gasteiger charge is -2.01. The molecule has 0 spiro atoms. The van der Waals surface area contributed by atoms with Crippen LogP contribution in [0, 0.1) is 0 Å². The van der Waals surface area contributed by atoms with Crippen LogP contribution in [-0.4, -0.2) is 6.79 Å². The molecular weight excluding hydrogens is 303 g/mol. The fourth-order valence-electron chi connectivity index (χ4n) is 1.59. The molecule has 6 heteroatoms. The molecule has 0 radical (unpaired) electrons. The van der Waals surface area contributed by atoms with Crippen molar-refractivity contribution in [3.05, 3.63) is 32.6 Å². The van der Waals surface area contributed by atoms with E-state index in [0.717, 1.165) is 16.2 Å². The van der Waals surface area contributed by atoms with Crippen LogP contribution in [0.25, 0.3) is 10.4 Å². The van der Waals surface area contributed by atoms with Gasteiger partial charge in [0.25, 0.3) is 0 Å². The first kappa shape index (κ1) is 11.5. The minimum absolute atomic E-state index is 0.248. The Kier molecular flexibility index (Phi) is 2.87. The lowest BCUT2D eigenvalue weighted by molar-refractivity contribution is 0.174. The summed E-state index contributed by atoms with van der Waals surface area (Å²) in [6, 6.07) is 5.61. The summed E-state index contributed by atoms with van der Waals surface area (Å²) in [6.07, 6.45) is 0. The molecule has 0 aliphatic carbocycles. The van der Waals surface area contributed by atoms with Gasteiger partial charge in [-0.25, -0.2) is 0 Å². The fourth-order valence-corrected chi connectivity index (χ4v) is 3.41. The van der Waals surface area contributed by atoms with Gasteiger partial charge < -0.3 is 9.47 Å². The molecular formula is C11H5Cl3O2S. The maximum absolute atomic E-state index is 6.12. The number of rotatable bonds is 1. The van der Waals surface area contributed by atoms with Crippen LogP contribution in [0.4, 0.5) is 0 Å². The van der Waals surface area contributed by atoms with E-state index in [1.165, 1.54) is 11.3 Å². The zero-order valence-corrected chi connectivity index (χ0v) is 11.4. The number of hydrogen-bond acceptors (Lipinski definition) is 3. The average Bonchev–Trinajstić information content (AvgIpc) is 2.89. The molecule has 2 aromatic rings. The van der Waals surface area contributed by atoms with Crippen molar-refractivity contribution in [3.8, 4) is 21.9 Å². The molecule has 3 rings (SSSR count). The van der Waals surface area contributed by atoms with E-state index in [-0.39, 0.29) is 6.79 Å². The highest BCUT2D eigenvalue weighted by atomic mass is 35.5. The number of fused-ring (bicyclic) bond motifs is 1. The Bertz CT molecular complexity index is 595. The summed E-state index contributed by atoms with van der Waals surface area (Å²) < 4.78 is 11.0. The molecule has 1 aliphatic rings. The molecule has 2 nitrogen and oxygen atoms in total. The van der Waals surface area contributed by atoms with E-state index >= 15 is 0 Å². The van der Waals surface area contributed by atoms with Crippen molar-refractivity contribution in [2.24, 2.45) is 0 Å². The first-order valence-corrected chi connectivity index (χ1v) is 6.65. The smallest absolute Gasteiger partial charge is 0.231 e. The van der Waals surface area contributed by atoms with Crippen LogP contribution < -0.4 is 9.47 Å². The summed E-state index contributed by atoms with van der Waals surface area (Å²) in [5.41, 5.74) is 0.915. The van der Waals surface area contributed by atoms with Crippen LogP contribution in [-0.2, 0) is 0 Å². The van der Waals surface area contributed by atoms with E-state index in [1.807, 2.05) is 18.2 Å². The predicted octanol–water partition coefficient (Wildman–Crippen LogP) is 5.10. The lowest BCUT2D eigenvalue weighted by Crippen LogP contribution is -1.92. The molecule has 0 amide bonds. The highest BCUT2D eigenvalue weighted by Gasteiger charge is 2.19.